The van der Waals surface area contributed by atoms with E-state index in [0.29, 0.717) is 4.68 Å². The summed E-state index contributed by atoms with van der Waals surface area (Å²) >= 11 is 0. The largest absolute Gasteiger partial charge is 0.478 e. The lowest BCUT2D eigenvalue weighted by Gasteiger charge is -2.14. The van der Waals surface area contributed by atoms with E-state index in [0.717, 1.165) is 0 Å². The smallest absolute Gasteiger partial charge is 0.338 e. The fourth-order valence-corrected chi connectivity index (χ4v) is 1.55. The summed E-state index contributed by atoms with van der Waals surface area (Å²) in [5, 5.41) is 15.6. The van der Waals surface area contributed by atoms with Crippen molar-refractivity contribution in [3.8, 4) is 0 Å². The highest BCUT2D eigenvalue weighted by atomic mass is 19.3. The molecular formula is C10H7F4N3O2. The van der Waals surface area contributed by atoms with Crippen molar-refractivity contribution in [3.05, 3.63) is 23.8 Å². The average Bonchev–Trinajstić information content (AvgIpc) is 2.71. The summed E-state index contributed by atoms with van der Waals surface area (Å²) in [6.45, 7) is -1.37. The SMILES string of the molecule is O=C(O)c1cccc2c1nnn2CC(F)(F)C(F)F. The molecule has 19 heavy (non-hydrogen) atoms. The molecule has 2 rings (SSSR count). The molecule has 0 unspecified atom stereocenters. The summed E-state index contributed by atoms with van der Waals surface area (Å²) in [7, 11) is 0. The van der Waals surface area contributed by atoms with Gasteiger partial charge in [-0.2, -0.15) is 8.78 Å². The Morgan fingerprint density at radius 3 is 2.68 bits per heavy atom. The number of aromatic nitrogens is 3. The molecule has 0 saturated carbocycles. The lowest BCUT2D eigenvalue weighted by atomic mass is 10.2. The van der Waals surface area contributed by atoms with Crippen LogP contribution in [0.25, 0.3) is 11.0 Å². The number of carboxylic acids is 1. The number of hydrogen-bond donors (Lipinski definition) is 1. The average molecular weight is 277 g/mol. The summed E-state index contributed by atoms with van der Waals surface area (Å²) in [6, 6.07) is 3.80. The van der Waals surface area contributed by atoms with Crippen LogP contribution >= 0.6 is 0 Å². The Labute approximate surface area is 103 Å². The molecule has 0 amide bonds. The highest BCUT2D eigenvalue weighted by Crippen LogP contribution is 2.26. The van der Waals surface area contributed by atoms with Gasteiger partial charge in [0.05, 0.1) is 11.1 Å². The van der Waals surface area contributed by atoms with Gasteiger partial charge in [-0.15, -0.1) is 5.10 Å². The van der Waals surface area contributed by atoms with E-state index in [1.54, 1.807) is 0 Å². The van der Waals surface area contributed by atoms with Crippen molar-refractivity contribution in [1.82, 2.24) is 15.0 Å². The second-order valence-electron chi connectivity index (χ2n) is 3.79. The third-order valence-electron chi connectivity index (χ3n) is 2.46. The maximum Gasteiger partial charge on any atom is 0.338 e. The van der Waals surface area contributed by atoms with Crippen LogP contribution in [0.1, 0.15) is 10.4 Å². The Kier molecular flexibility index (Phi) is 3.13. The lowest BCUT2D eigenvalue weighted by molar-refractivity contribution is -0.138. The van der Waals surface area contributed by atoms with Crippen LogP contribution in [0, 0.1) is 0 Å². The Bertz CT molecular complexity index is 626. The summed E-state index contributed by atoms with van der Waals surface area (Å²) in [6.07, 6.45) is -3.84. The van der Waals surface area contributed by atoms with Gasteiger partial charge in [0.2, 0.25) is 0 Å². The normalized spacial score (nSPS) is 12.3. The zero-order chi connectivity index (χ0) is 14.2. The predicted octanol–water partition coefficient (Wildman–Crippen LogP) is 2.03. The van der Waals surface area contributed by atoms with E-state index in [9.17, 15) is 22.4 Å². The van der Waals surface area contributed by atoms with Crippen molar-refractivity contribution in [1.29, 1.82) is 0 Å². The quantitative estimate of drug-likeness (QED) is 0.868. The maximum atomic E-state index is 12.9. The number of carboxylic acid groups (broad SMARTS) is 1. The molecule has 0 fully saturated rings. The standard InChI is InChI=1S/C10H7F4N3O2/c11-9(12)10(13,14)4-17-6-3-1-2-5(8(18)19)7(6)15-16-17/h1-3,9H,4H2,(H,18,19). The number of benzene rings is 1. The van der Waals surface area contributed by atoms with Gasteiger partial charge >= 0.3 is 18.3 Å². The zero-order valence-corrected chi connectivity index (χ0v) is 9.23. The minimum atomic E-state index is -4.26. The summed E-state index contributed by atoms with van der Waals surface area (Å²) in [5.41, 5.74) is -0.399. The molecule has 0 atom stereocenters. The van der Waals surface area contributed by atoms with E-state index in [1.807, 2.05) is 0 Å². The Hall–Kier alpha value is -2.19. The summed E-state index contributed by atoms with van der Waals surface area (Å²) in [5.74, 6) is -5.57. The highest BCUT2D eigenvalue weighted by Gasteiger charge is 2.41. The Morgan fingerprint density at radius 2 is 2.11 bits per heavy atom. The third kappa shape index (κ3) is 2.35. The van der Waals surface area contributed by atoms with Crippen LogP contribution < -0.4 is 0 Å². The van der Waals surface area contributed by atoms with Crippen LogP contribution in [0.4, 0.5) is 17.6 Å². The molecule has 5 nitrogen and oxygen atoms in total. The van der Waals surface area contributed by atoms with Crippen LogP contribution in [0.3, 0.4) is 0 Å². The van der Waals surface area contributed by atoms with E-state index in [-0.39, 0.29) is 16.6 Å². The van der Waals surface area contributed by atoms with Crippen LogP contribution in [-0.4, -0.2) is 38.4 Å². The van der Waals surface area contributed by atoms with Crippen molar-refractivity contribution in [2.24, 2.45) is 0 Å². The molecular weight excluding hydrogens is 270 g/mol. The Balaban J connectivity index is 2.47. The van der Waals surface area contributed by atoms with Gasteiger partial charge in [0.15, 0.2) is 0 Å². The minimum absolute atomic E-state index is 0.0415. The molecule has 1 aromatic carbocycles. The van der Waals surface area contributed by atoms with Crippen molar-refractivity contribution in [2.75, 3.05) is 0 Å². The molecule has 1 N–H and O–H groups in total. The van der Waals surface area contributed by atoms with Gasteiger partial charge in [-0.3, -0.25) is 0 Å². The van der Waals surface area contributed by atoms with Gasteiger partial charge in [0.1, 0.15) is 12.1 Å². The van der Waals surface area contributed by atoms with Gasteiger partial charge < -0.3 is 5.11 Å². The molecule has 0 bridgehead atoms. The first-order chi connectivity index (χ1) is 8.83. The number of aromatic carboxylic acids is 1. The number of hydrogen-bond acceptors (Lipinski definition) is 3. The van der Waals surface area contributed by atoms with E-state index < -0.39 is 24.9 Å². The molecule has 0 aliphatic heterocycles. The van der Waals surface area contributed by atoms with Crippen LogP contribution in [0.2, 0.25) is 0 Å². The number of alkyl halides is 4. The summed E-state index contributed by atoms with van der Waals surface area (Å²) < 4.78 is 50.7. The number of rotatable bonds is 4. The molecule has 0 aliphatic rings. The van der Waals surface area contributed by atoms with Crippen molar-refractivity contribution in [2.45, 2.75) is 18.9 Å². The van der Waals surface area contributed by atoms with Gasteiger partial charge in [-0.05, 0) is 12.1 Å². The van der Waals surface area contributed by atoms with Crippen molar-refractivity contribution >= 4 is 17.0 Å². The molecule has 1 heterocycles. The molecule has 9 heteroatoms. The van der Waals surface area contributed by atoms with Gasteiger partial charge in [0, 0.05) is 0 Å². The second-order valence-corrected chi connectivity index (χ2v) is 3.79. The molecule has 1 aromatic heterocycles. The topological polar surface area (TPSA) is 68.0 Å². The number of halogens is 4. The maximum absolute atomic E-state index is 12.9. The Morgan fingerprint density at radius 1 is 1.42 bits per heavy atom. The zero-order valence-electron chi connectivity index (χ0n) is 9.23. The van der Waals surface area contributed by atoms with Gasteiger partial charge in [-0.25, -0.2) is 18.3 Å². The number of fused-ring (bicyclic) bond motifs is 1. The first-order valence-corrected chi connectivity index (χ1v) is 5.04. The van der Waals surface area contributed by atoms with Crippen molar-refractivity contribution < 1.29 is 27.5 Å². The van der Waals surface area contributed by atoms with Gasteiger partial charge in [0.25, 0.3) is 0 Å². The number of nitrogens with zero attached hydrogens (tertiary/aromatic N) is 3. The molecule has 0 saturated heterocycles. The summed E-state index contributed by atoms with van der Waals surface area (Å²) in [4.78, 5) is 10.9. The number of carbonyl (C=O) groups is 1. The monoisotopic (exact) mass is 277 g/mol. The molecule has 102 valence electrons. The predicted molar refractivity (Wildman–Crippen MR) is 55.4 cm³/mol. The fraction of sp³-hybridized carbons (Fsp3) is 0.300. The molecule has 0 spiro atoms. The fourth-order valence-electron chi connectivity index (χ4n) is 1.55. The van der Waals surface area contributed by atoms with E-state index >= 15 is 0 Å². The van der Waals surface area contributed by atoms with Crippen LogP contribution in [-0.2, 0) is 6.54 Å². The van der Waals surface area contributed by atoms with E-state index in [2.05, 4.69) is 10.3 Å². The van der Waals surface area contributed by atoms with Crippen LogP contribution in [0.15, 0.2) is 18.2 Å². The van der Waals surface area contributed by atoms with E-state index in [4.69, 9.17) is 5.11 Å². The second kappa shape index (κ2) is 4.48. The van der Waals surface area contributed by atoms with E-state index in [1.165, 1.54) is 18.2 Å². The third-order valence-corrected chi connectivity index (χ3v) is 2.46. The van der Waals surface area contributed by atoms with Gasteiger partial charge in [-0.1, -0.05) is 11.3 Å². The highest BCUT2D eigenvalue weighted by molar-refractivity contribution is 6.00. The van der Waals surface area contributed by atoms with Crippen LogP contribution in [0.5, 0.6) is 0 Å². The first kappa shape index (κ1) is 13.2. The molecule has 0 radical (unpaired) electrons. The minimum Gasteiger partial charge on any atom is -0.478 e. The lowest BCUT2D eigenvalue weighted by Crippen LogP contribution is -2.32. The molecule has 0 aliphatic carbocycles. The first-order valence-electron chi connectivity index (χ1n) is 5.04. The molecule has 2 aromatic rings. The van der Waals surface area contributed by atoms with Crippen molar-refractivity contribution in [3.63, 3.8) is 0 Å².